The van der Waals surface area contributed by atoms with E-state index in [2.05, 4.69) is 63.6 Å². The summed E-state index contributed by atoms with van der Waals surface area (Å²) < 4.78 is 5.94. The molecule has 1 fully saturated rings. The summed E-state index contributed by atoms with van der Waals surface area (Å²) in [4.78, 5) is 9.13. The van der Waals surface area contributed by atoms with Crippen LogP contribution in [0.3, 0.4) is 0 Å². The van der Waals surface area contributed by atoms with E-state index in [9.17, 15) is 0 Å². The van der Waals surface area contributed by atoms with Gasteiger partial charge in [-0.05, 0) is 50.6 Å². The predicted molar refractivity (Wildman–Crippen MR) is 122 cm³/mol. The van der Waals surface area contributed by atoms with Gasteiger partial charge in [0.15, 0.2) is 5.96 Å². The third kappa shape index (κ3) is 5.97. The van der Waals surface area contributed by atoms with Gasteiger partial charge < -0.3 is 14.6 Å². The summed E-state index contributed by atoms with van der Waals surface area (Å²) in [6.45, 7) is 5.88. The molecule has 1 saturated heterocycles. The zero-order valence-corrected chi connectivity index (χ0v) is 18.8. The van der Waals surface area contributed by atoms with Crippen LogP contribution in [0.15, 0.2) is 51.9 Å². The summed E-state index contributed by atoms with van der Waals surface area (Å²) in [6.07, 6.45) is 2.53. The second kappa shape index (κ2) is 10.7. The number of likely N-dealkylation sites (tertiary alicyclic amines) is 1. The number of hydrogen-bond donors (Lipinski definition) is 1. The average Bonchev–Trinajstić information content (AvgIpc) is 3.32. The van der Waals surface area contributed by atoms with E-state index in [0.29, 0.717) is 0 Å². The number of halogens is 1. The number of rotatable bonds is 6. The lowest BCUT2D eigenvalue weighted by molar-refractivity contribution is 0.212. The summed E-state index contributed by atoms with van der Waals surface area (Å²) in [7, 11) is 3.91. The summed E-state index contributed by atoms with van der Waals surface area (Å²) >= 11 is 0. The summed E-state index contributed by atoms with van der Waals surface area (Å²) in [5.74, 6) is 2.91. The molecule has 1 aromatic heterocycles. The molecule has 1 aromatic carbocycles. The Morgan fingerprint density at radius 1 is 1.19 bits per heavy atom. The maximum atomic E-state index is 5.94. The highest BCUT2D eigenvalue weighted by molar-refractivity contribution is 14.0. The van der Waals surface area contributed by atoms with Gasteiger partial charge in [-0.1, -0.05) is 30.3 Å². The monoisotopic (exact) mass is 482 g/mol. The molecule has 0 saturated carbocycles. The molecule has 1 N–H and O–H groups in total. The van der Waals surface area contributed by atoms with Crippen molar-refractivity contribution in [2.75, 3.05) is 33.7 Å². The Balaban J connectivity index is 0.00000261. The van der Waals surface area contributed by atoms with Gasteiger partial charge in [-0.2, -0.15) is 0 Å². The van der Waals surface area contributed by atoms with E-state index >= 15 is 0 Å². The Kier molecular flexibility index (Phi) is 8.63. The first kappa shape index (κ1) is 21.8. The molecule has 0 spiro atoms. The molecule has 27 heavy (non-hydrogen) atoms. The van der Waals surface area contributed by atoms with Crippen molar-refractivity contribution in [3.05, 3.63) is 59.5 Å². The third-order valence-electron chi connectivity index (χ3n) is 4.96. The van der Waals surface area contributed by atoms with Crippen LogP contribution in [0.4, 0.5) is 0 Å². The Morgan fingerprint density at radius 2 is 1.89 bits per heavy atom. The average molecular weight is 482 g/mol. The first-order chi connectivity index (χ1) is 12.7. The van der Waals surface area contributed by atoms with Gasteiger partial charge >= 0.3 is 0 Å². The highest BCUT2D eigenvalue weighted by Crippen LogP contribution is 2.26. The second-order valence-corrected chi connectivity index (χ2v) is 6.98. The lowest BCUT2D eigenvalue weighted by Gasteiger charge is -2.29. The topological polar surface area (TPSA) is 44.0 Å². The van der Waals surface area contributed by atoms with Gasteiger partial charge in [0.25, 0.3) is 0 Å². The number of hydrogen-bond acceptors (Lipinski definition) is 3. The molecule has 148 valence electrons. The number of aliphatic imine (C=N–C) groups is 1. The maximum Gasteiger partial charge on any atom is 0.193 e. The fourth-order valence-corrected chi connectivity index (χ4v) is 3.60. The third-order valence-corrected chi connectivity index (χ3v) is 4.96. The number of aryl methyl sites for hydroxylation is 1. The Bertz CT molecular complexity index is 710. The highest BCUT2D eigenvalue weighted by Gasteiger charge is 2.26. The zero-order chi connectivity index (χ0) is 18.4. The van der Waals surface area contributed by atoms with E-state index in [1.54, 1.807) is 0 Å². The van der Waals surface area contributed by atoms with Crippen molar-refractivity contribution in [1.29, 1.82) is 0 Å². The van der Waals surface area contributed by atoms with Crippen molar-refractivity contribution in [2.24, 2.45) is 4.99 Å². The Morgan fingerprint density at radius 3 is 2.48 bits per heavy atom. The van der Waals surface area contributed by atoms with Crippen LogP contribution in [-0.2, 0) is 6.54 Å². The smallest absolute Gasteiger partial charge is 0.193 e. The minimum Gasteiger partial charge on any atom is -0.465 e. The molecule has 1 aliphatic rings. The van der Waals surface area contributed by atoms with Crippen molar-refractivity contribution < 1.29 is 4.42 Å². The number of nitrogens with zero attached hydrogens (tertiary/aromatic N) is 3. The summed E-state index contributed by atoms with van der Waals surface area (Å²) in [5, 5.41) is 3.55. The van der Waals surface area contributed by atoms with Crippen molar-refractivity contribution >= 4 is 29.9 Å². The van der Waals surface area contributed by atoms with Gasteiger partial charge in [-0.15, -0.1) is 24.0 Å². The predicted octanol–water partition coefficient (Wildman–Crippen LogP) is 4.05. The van der Waals surface area contributed by atoms with E-state index < -0.39 is 0 Å². The number of guanidine groups is 1. The Hall–Kier alpha value is -1.54. The van der Waals surface area contributed by atoms with Crippen LogP contribution in [0.2, 0.25) is 0 Å². The molecule has 2 aromatic rings. The fourth-order valence-electron chi connectivity index (χ4n) is 3.60. The molecule has 0 aliphatic carbocycles. The molecule has 5 nitrogen and oxygen atoms in total. The van der Waals surface area contributed by atoms with E-state index in [1.807, 2.05) is 20.0 Å². The van der Waals surface area contributed by atoms with Crippen LogP contribution >= 0.6 is 24.0 Å². The molecule has 0 radical (unpaired) electrons. The zero-order valence-electron chi connectivity index (χ0n) is 16.5. The molecule has 3 rings (SSSR count). The van der Waals surface area contributed by atoms with Crippen molar-refractivity contribution in [3.63, 3.8) is 0 Å². The van der Waals surface area contributed by atoms with Crippen molar-refractivity contribution in [3.8, 4) is 0 Å². The molecule has 0 bridgehead atoms. The van der Waals surface area contributed by atoms with E-state index in [4.69, 9.17) is 4.42 Å². The summed E-state index contributed by atoms with van der Waals surface area (Å²) in [6, 6.07) is 14.9. The molecule has 6 heteroatoms. The first-order valence-corrected chi connectivity index (χ1v) is 9.43. The first-order valence-electron chi connectivity index (χ1n) is 9.43. The maximum absolute atomic E-state index is 5.94. The van der Waals surface area contributed by atoms with E-state index in [1.165, 1.54) is 18.4 Å². The summed E-state index contributed by atoms with van der Waals surface area (Å²) in [5.41, 5.74) is 1.27. The number of nitrogens with one attached hydrogen (secondary N) is 1. The molecule has 1 aliphatic heterocycles. The van der Waals surface area contributed by atoms with Gasteiger partial charge in [-0.3, -0.25) is 9.89 Å². The van der Waals surface area contributed by atoms with E-state index in [0.717, 1.165) is 43.7 Å². The standard InChI is InChI=1S/C21H30N4O.HI/c1-17-11-12-20(26-17)19(25-13-7-8-14-25)15-23-21(22-2)24(3)16-18-9-5-4-6-10-18;/h4-6,9-12,19H,7-8,13-16H2,1-3H3,(H,22,23);1H. The molecule has 0 amide bonds. The van der Waals surface area contributed by atoms with Crippen LogP contribution in [0.5, 0.6) is 0 Å². The number of benzene rings is 1. The number of furan rings is 1. The SMILES string of the molecule is CN=C(NCC(c1ccc(C)o1)N1CCCC1)N(C)Cc1ccccc1.I. The fraction of sp³-hybridized carbons (Fsp3) is 0.476. The lowest BCUT2D eigenvalue weighted by Crippen LogP contribution is -2.43. The van der Waals surface area contributed by atoms with Crippen LogP contribution in [0.1, 0.15) is 36.0 Å². The van der Waals surface area contributed by atoms with Gasteiger partial charge in [0.05, 0.1) is 6.04 Å². The van der Waals surface area contributed by atoms with Gasteiger partial charge in [0.1, 0.15) is 11.5 Å². The van der Waals surface area contributed by atoms with Crippen molar-refractivity contribution in [1.82, 2.24) is 15.1 Å². The molecule has 1 atom stereocenters. The second-order valence-electron chi connectivity index (χ2n) is 6.98. The van der Waals surface area contributed by atoms with Gasteiger partial charge in [0.2, 0.25) is 0 Å². The Labute approximate surface area is 179 Å². The molecule has 1 unspecified atom stereocenters. The van der Waals surface area contributed by atoms with Crippen LogP contribution in [0, 0.1) is 6.92 Å². The quantitative estimate of drug-likeness (QED) is 0.384. The van der Waals surface area contributed by atoms with E-state index in [-0.39, 0.29) is 30.0 Å². The van der Waals surface area contributed by atoms with Gasteiger partial charge in [0, 0.05) is 27.2 Å². The lowest BCUT2D eigenvalue weighted by atomic mass is 10.2. The van der Waals surface area contributed by atoms with Crippen LogP contribution in [-0.4, -0.2) is 49.5 Å². The minimum absolute atomic E-state index is 0. The minimum atomic E-state index is 0. The molecular formula is C21H31IN4O. The molecule has 2 heterocycles. The van der Waals surface area contributed by atoms with Gasteiger partial charge in [-0.25, -0.2) is 0 Å². The molecular weight excluding hydrogens is 451 g/mol. The van der Waals surface area contributed by atoms with Crippen LogP contribution in [0.25, 0.3) is 0 Å². The van der Waals surface area contributed by atoms with Crippen molar-refractivity contribution in [2.45, 2.75) is 32.4 Å². The highest BCUT2D eigenvalue weighted by atomic mass is 127. The largest absolute Gasteiger partial charge is 0.465 e. The normalized spacial score (nSPS) is 16.0. The van der Waals surface area contributed by atoms with Crippen LogP contribution < -0.4 is 5.32 Å².